The summed E-state index contributed by atoms with van der Waals surface area (Å²) < 4.78 is 1.72. The molecule has 1 heterocycles. The van der Waals surface area contributed by atoms with E-state index in [9.17, 15) is 4.79 Å². The van der Waals surface area contributed by atoms with Crippen molar-refractivity contribution in [3.8, 4) is 0 Å². The van der Waals surface area contributed by atoms with Crippen LogP contribution in [0.2, 0.25) is 0 Å². The number of carbonyl (C=O) groups excluding carboxylic acids is 1. The number of amides is 1. The Kier molecular flexibility index (Phi) is 7.20. The van der Waals surface area contributed by atoms with Gasteiger partial charge >= 0.3 is 0 Å². The van der Waals surface area contributed by atoms with Crippen molar-refractivity contribution in [1.82, 2.24) is 20.1 Å². The lowest BCUT2D eigenvalue weighted by atomic mass is 10.2. The van der Waals surface area contributed by atoms with E-state index in [1.807, 2.05) is 0 Å². The molecule has 0 unspecified atom stereocenters. The normalized spacial score (nSPS) is 10.5. The monoisotopic (exact) mass is 363 g/mol. The number of carbonyl (C=O) groups is 1. The minimum atomic E-state index is -0.0313. The molecule has 8 heteroatoms. The number of benzene rings is 1. The van der Waals surface area contributed by atoms with Gasteiger partial charge in [-0.05, 0) is 19.1 Å². The number of aryl methyl sites for hydroxylation is 1. The first kappa shape index (κ1) is 18.4. The van der Waals surface area contributed by atoms with E-state index in [2.05, 4.69) is 53.3 Å². The Morgan fingerprint density at radius 3 is 2.79 bits per heavy atom. The van der Waals surface area contributed by atoms with Gasteiger partial charge in [0.05, 0.1) is 5.75 Å². The summed E-state index contributed by atoms with van der Waals surface area (Å²) in [6, 6.07) is 8.36. The van der Waals surface area contributed by atoms with Gasteiger partial charge in [0.1, 0.15) is 0 Å². The van der Waals surface area contributed by atoms with E-state index in [4.69, 9.17) is 5.73 Å². The third kappa shape index (κ3) is 5.61. The molecule has 1 aromatic heterocycles. The number of nitrogens with zero attached hydrogens (tertiary/aromatic N) is 3. The van der Waals surface area contributed by atoms with Gasteiger partial charge in [0.15, 0.2) is 5.16 Å². The predicted octanol–water partition coefficient (Wildman–Crippen LogP) is 2.36. The van der Waals surface area contributed by atoms with Crippen LogP contribution in [0.5, 0.6) is 0 Å². The smallest absolute Gasteiger partial charge is 0.230 e. The van der Waals surface area contributed by atoms with E-state index in [0.29, 0.717) is 24.2 Å². The van der Waals surface area contributed by atoms with Crippen LogP contribution in [0.25, 0.3) is 0 Å². The fourth-order valence-corrected chi connectivity index (χ4v) is 3.44. The summed E-state index contributed by atoms with van der Waals surface area (Å²) in [7, 11) is 0. The van der Waals surface area contributed by atoms with Gasteiger partial charge in [0.25, 0.3) is 0 Å². The quantitative estimate of drug-likeness (QED) is 0.404. The van der Waals surface area contributed by atoms with Crippen molar-refractivity contribution >= 4 is 35.4 Å². The molecule has 0 radical (unpaired) electrons. The average molecular weight is 364 g/mol. The van der Waals surface area contributed by atoms with Crippen molar-refractivity contribution in [2.45, 2.75) is 23.5 Å². The second-order valence-electron chi connectivity index (χ2n) is 5.04. The molecule has 0 fully saturated rings. The van der Waals surface area contributed by atoms with Gasteiger partial charge in [-0.15, -0.1) is 28.5 Å². The van der Waals surface area contributed by atoms with Crippen LogP contribution >= 0.6 is 23.5 Å². The largest absolute Gasteiger partial charge is 0.368 e. The van der Waals surface area contributed by atoms with E-state index < -0.39 is 0 Å². The summed E-state index contributed by atoms with van der Waals surface area (Å²) in [4.78, 5) is 13.1. The molecule has 2 rings (SSSR count). The fourth-order valence-electron chi connectivity index (χ4n) is 1.88. The molecule has 1 amide bonds. The summed E-state index contributed by atoms with van der Waals surface area (Å²) in [5.41, 5.74) is 6.97. The minimum Gasteiger partial charge on any atom is -0.368 e. The zero-order valence-electron chi connectivity index (χ0n) is 13.6. The van der Waals surface area contributed by atoms with Gasteiger partial charge < -0.3 is 11.1 Å². The van der Waals surface area contributed by atoms with Crippen molar-refractivity contribution < 1.29 is 4.79 Å². The van der Waals surface area contributed by atoms with Crippen LogP contribution in [0.15, 0.2) is 47.0 Å². The maximum Gasteiger partial charge on any atom is 0.230 e. The van der Waals surface area contributed by atoms with E-state index in [1.54, 1.807) is 22.4 Å². The molecule has 0 bridgehead atoms. The fraction of sp³-hybridized carbons (Fsp3) is 0.312. The number of aromatic nitrogens is 3. The van der Waals surface area contributed by atoms with Crippen molar-refractivity contribution in [3.05, 3.63) is 42.5 Å². The Morgan fingerprint density at radius 1 is 1.33 bits per heavy atom. The highest BCUT2D eigenvalue weighted by Gasteiger charge is 2.11. The third-order valence-corrected chi connectivity index (χ3v) is 5.08. The molecule has 0 saturated carbocycles. The molecule has 2 aromatic rings. The minimum absolute atomic E-state index is 0.0313. The molecule has 0 atom stereocenters. The highest BCUT2D eigenvalue weighted by atomic mass is 32.2. The Morgan fingerprint density at radius 2 is 2.08 bits per heavy atom. The average Bonchev–Trinajstić information content (AvgIpc) is 2.92. The van der Waals surface area contributed by atoms with Gasteiger partial charge in [-0.25, -0.2) is 0 Å². The summed E-state index contributed by atoms with van der Waals surface area (Å²) in [5, 5.41) is 11.3. The molecule has 0 aliphatic carbocycles. The Bertz CT molecular complexity index is 684. The van der Waals surface area contributed by atoms with Crippen LogP contribution in [0, 0.1) is 6.92 Å². The zero-order chi connectivity index (χ0) is 17.4. The zero-order valence-corrected chi connectivity index (χ0v) is 15.2. The van der Waals surface area contributed by atoms with E-state index in [0.717, 1.165) is 5.75 Å². The number of hydrogen-bond acceptors (Lipinski definition) is 6. The number of hydrogen-bond donors (Lipinski definition) is 2. The maximum absolute atomic E-state index is 11.9. The highest BCUT2D eigenvalue weighted by Crippen LogP contribution is 2.18. The molecule has 1 aromatic carbocycles. The van der Waals surface area contributed by atoms with E-state index in [-0.39, 0.29) is 11.7 Å². The molecule has 24 heavy (non-hydrogen) atoms. The molecule has 0 spiro atoms. The summed E-state index contributed by atoms with van der Waals surface area (Å²) in [6.45, 7) is 6.88. The Balaban J connectivity index is 1.68. The van der Waals surface area contributed by atoms with Gasteiger partial charge in [-0.1, -0.05) is 35.5 Å². The number of anilines is 1. The molecule has 0 aliphatic heterocycles. The van der Waals surface area contributed by atoms with Crippen LogP contribution in [-0.4, -0.2) is 38.7 Å². The van der Waals surface area contributed by atoms with Gasteiger partial charge in [-0.3, -0.25) is 9.36 Å². The number of allylic oxidation sites excluding steroid dienone is 1. The van der Waals surface area contributed by atoms with Crippen LogP contribution in [0.3, 0.4) is 0 Å². The molecular formula is C16H21N5OS2. The van der Waals surface area contributed by atoms with Crippen molar-refractivity contribution in [2.75, 3.05) is 23.8 Å². The predicted molar refractivity (Wildman–Crippen MR) is 100 cm³/mol. The molecule has 128 valence electrons. The standard InChI is InChI=1S/C16H21N5OS2/c1-3-9-21-15(17)19-20-16(21)24-11-14(22)18-8-10-23-13-6-4-12(2)5-7-13/h3-7H,1,8-11H2,2H3,(H2,17,19)(H,18,22). The third-order valence-electron chi connectivity index (χ3n) is 3.10. The first-order valence-corrected chi connectivity index (χ1v) is 9.46. The van der Waals surface area contributed by atoms with Crippen molar-refractivity contribution in [1.29, 1.82) is 0 Å². The number of nitrogens with one attached hydrogen (secondary N) is 1. The second kappa shape index (κ2) is 9.39. The summed E-state index contributed by atoms with van der Waals surface area (Å²) in [5.74, 6) is 1.41. The SMILES string of the molecule is C=CCn1c(N)nnc1SCC(=O)NCCSc1ccc(C)cc1. The molecule has 0 saturated heterocycles. The first-order valence-electron chi connectivity index (χ1n) is 7.48. The van der Waals surface area contributed by atoms with Gasteiger partial charge in [-0.2, -0.15) is 0 Å². The van der Waals surface area contributed by atoms with Gasteiger partial charge in [0.2, 0.25) is 11.9 Å². The van der Waals surface area contributed by atoms with Crippen LogP contribution in [-0.2, 0) is 11.3 Å². The number of rotatable bonds is 9. The number of nitrogen functional groups attached to an aromatic ring is 1. The molecule has 0 aliphatic rings. The Hall–Kier alpha value is -1.93. The Labute approximate surface area is 150 Å². The van der Waals surface area contributed by atoms with Crippen LogP contribution in [0.4, 0.5) is 5.95 Å². The number of nitrogens with two attached hydrogens (primary N) is 1. The highest BCUT2D eigenvalue weighted by molar-refractivity contribution is 7.99. The van der Waals surface area contributed by atoms with E-state index in [1.165, 1.54) is 22.2 Å². The lowest BCUT2D eigenvalue weighted by Crippen LogP contribution is -2.27. The topological polar surface area (TPSA) is 85.8 Å². The van der Waals surface area contributed by atoms with E-state index >= 15 is 0 Å². The van der Waals surface area contributed by atoms with Crippen molar-refractivity contribution in [2.24, 2.45) is 0 Å². The number of thioether (sulfide) groups is 2. The lowest BCUT2D eigenvalue weighted by molar-refractivity contribution is -0.118. The maximum atomic E-state index is 11.9. The molecule has 3 N–H and O–H groups in total. The van der Waals surface area contributed by atoms with Crippen molar-refractivity contribution in [3.63, 3.8) is 0 Å². The van der Waals surface area contributed by atoms with Gasteiger partial charge in [0, 0.05) is 23.7 Å². The lowest BCUT2D eigenvalue weighted by Gasteiger charge is -2.06. The second-order valence-corrected chi connectivity index (χ2v) is 7.15. The molecule has 6 nitrogen and oxygen atoms in total. The molecular weight excluding hydrogens is 342 g/mol. The summed E-state index contributed by atoms with van der Waals surface area (Å²) >= 11 is 3.04. The van der Waals surface area contributed by atoms with Crippen LogP contribution in [0.1, 0.15) is 5.56 Å². The van der Waals surface area contributed by atoms with Crippen LogP contribution < -0.4 is 11.1 Å². The first-order chi connectivity index (χ1) is 11.6. The summed E-state index contributed by atoms with van der Waals surface area (Å²) in [6.07, 6.45) is 1.71.